The monoisotopic (exact) mass is 756 g/mol. The quantitative estimate of drug-likeness (QED) is 0.165. The molecule has 2 aromatic rings. The lowest BCUT2D eigenvalue weighted by molar-refractivity contribution is -0.775. The number of hydrogen-bond donors (Lipinski definition) is 1. The molecule has 0 aliphatic heterocycles. The van der Waals surface area contributed by atoms with Crippen LogP contribution in [0.5, 0.6) is 0 Å². The van der Waals surface area contributed by atoms with Gasteiger partial charge in [0.05, 0.1) is 17.7 Å². The van der Waals surface area contributed by atoms with Gasteiger partial charge >= 0.3 is 6.07 Å². The average molecular weight is 758 g/mol. The van der Waals surface area contributed by atoms with E-state index in [0.29, 0.717) is 5.56 Å². The lowest BCUT2D eigenvalue weighted by Crippen LogP contribution is -2.61. The van der Waals surface area contributed by atoms with E-state index in [-0.39, 0.29) is 83.2 Å². The van der Waals surface area contributed by atoms with Crippen molar-refractivity contribution < 1.29 is 32.9 Å². The molecule has 2 heterocycles. The van der Waals surface area contributed by atoms with E-state index in [1.54, 1.807) is 13.8 Å². The molecule has 50 heavy (non-hydrogen) atoms. The fraction of sp³-hybridized carbons (Fsp3) is 0.700. The van der Waals surface area contributed by atoms with Crippen molar-refractivity contribution in [3.8, 4) is 0 Å². The number of rotatable bonds is 8. The van der Waals surface area contributed by atoms with E-state index in [1.165, 1.54) is 0 Å². The van der Waals surface area contributed by atoms with Crippen LogP contribution in [0.4, 0.5) is 0 Å². The maximum absolute atomic E-state index is 11.9. The zero-order chi connectivity index (χ0) is 37.2. The Kier molecular flexibility index (Phi) is 13.6. The summed E-state index contributed by atoms with van der Waals surface area (Å²) in [6, 6.07) is 7.54. The molecular weight excluding hydrogens is 690 g/mol. The number of Topliss-reactive ketones (excluding diaryl/α,β-unsaturated/α-hetero) is 2. The van der Waals surface area contributed by atoms with Crippen molar-refractivity contribution in [2.24, 2.45) is 32.5 Å². The summed E-state index contributed by atoms with van der Waals surface area (Å²) in [4.78, 5) is 23.6. The second-order valence-electron chi connectivity index (χ2n) is 17.5. The molecule has 4 atom stereocenters. The van der Waals surface area contributed by atoms with Crippen LogP contribution in [0, 0.1) is 32.5 Å². The molecule has 0 aromatic carbocycles. The molecule has 2 aliphatic rings. The summed E-state index contributed by atoms with van der Waals surface area (Å²) in [6.07, 6.45) is 5.97. The molecule has 7 nitrogen and oxygen atoms in total. The highest BCUT2D eigenvalue weighted by Crippen LogP contribution is 2.70. The third kappa shape index (κ3) is 7.30. The fourth-order valence-corrected chi connectivity index (χ4v) is 9.50. The number of halogens is 2. The number of aliphatic hydroxyl groups excluding tert-OH is 1. The molecule has 2 saturated carbocycles. The predicted molar refractivity (Wildman–Crippen MR) is 207 cm³/mol. The molecular formula is C40H67Cl2N2O5P+2. The zero-order valence-electron chi connectivity index (χ0n) is 31.6. The summed E-state index contributed by atoms with van der Waals surface area (Å²) in [5, 5.41) is 10.1. The van der Waals surface area contributed by atoms with Crippen molar-refractivity contribution in [1.29, 1.82) is 0 Å². The van der Waals surface area contributed by atoms with Crippen molar-refractivity contribution in [2.75, 3.05) is 13.2 Å². The van der Waals surface area contributed by atoms with E-state index < -0.39 is 6.07 Å². The Bertz CT molecular complexity index is 1620. The number of carbonyl (C=O) groups is 2. The van der Waals surface area contributed by atoms with E-state index in [2.05, 4.69) is 92.2 Å². The average Bonchev–Trinajstić information content (AvgIpc) is 3.17. The first-order valence-corrected chi connectivity index (χ1v) is 20.2. The molecule has 4 rings (SSSR count). The minimum Gasteiger partial charge on any atom is -0.396 e. The van der Waals surface area contributed by atoms with Gasteiger partial charge in [-0.1, -0.05) is 84.1 Å². The number of hydrogen-bond acceptors (Lipinski definition) is 5. The Morgan fingerprint density at radius 2 is 1.04 bits per heavy atom. The third-order valence-electron chi connectivity index (χ3n) is 14.7. The Hall–Kier alpha value is -1.63. The van der Waals surface area contributed by atoms with Crippen LogP contribution in [0.1, 0.15) is 145 Å². The minimum atomic E-state index is -3.60. The van der Waals surface area contributed by atoms with Crippen molar-refractivity contribution in [3.63, 3.8) is 0 Å². The van der Waals surface area contributed by atoms with Gasteiger partial charge in [-0.05, 0) is 59.3 Å². The number of aromatic nitrogens is 2. The third-order valence-corrected chi connectivity index (χ3v) is 15.8. The smallest absolute Gasteiger partial charge is 0.380 e. The maximum atomic E-state index is 11.9. The molecule has 2 aliphatic carbocycles. The van der Waals surface area contributed by atoms with Gasteiger partial charge < -0.3 is 9.63 Å². The van der Waals surface area contributed by atoms with Crippen molar-refractivity contribution in [1.82, 2.24) is 0 Å². The number of carbonyl (C=O) groups excluding carboxylic acids is 2. The lowest BCUT2D eigenvalue weighted by Gasteiger charge is -2.46. The molecule has 0 amide bonds. The van der Waals surface area contributed by atoms with Gasteiger partial charge in [0.1, 0.15) is 0 Å². The molecule has 2 unspecified atom stereocenters. The fourth-order valence-electron chi connectivity index (χ4n) is 8.77. The van der Waals surface area contributed by atoms with Gasteiger partial charge in [-0.2, -0.15) is 9.13 Å². The second-order valence-corrected chi connectivity index (χ2v) is 21.8. The van der Waals surface area contributed by atoms with Gasteiger partial charge in [0.15, 0.2) is 47.4 Å². The second kappa shape index (κ2) is 14.7. The number of pyridine rings is 2. The molecule has 1 N–H and O–H groups in total. The summed E-state index contributed by atoms with van der Waals surface area (Å²) < 4.78 is 21.4. The highest BCUT2D eigenvalue weighted by Gasteiger charge is 2.72. The lowest BCUT2D eigenvalue weighted by atomic mass is 9.58. The Morgan fingerprint density at radius 1 is 0.700 bits per heavy atom. The SMILES string of the molecule is C.C.CC(=O)c1ccc[n+](C2(C)C[C@](C)(CO)C(C)(C)C2(C)C)c1.CC(=O)c1ccc[n+](C2(C)C[C@](C)(COP(=O)(Cl)Cl)C(C)(C)C2(C)C)c1. The van der Waals surface area contributed by atoms with Gasteiger partial charge in [0.25, 0.3) is 0 Å². The summed E-state index contributed by atoms with van der Waals surface area (Å²) in [6.45, 7) is 30.2. The van der Waals surface area contributed by atoms with Gasteiger partial charge in [0.2, 0.25) is 0 Å². The molecule has 0 spiro atoms. The van der Waals surface area contributed by atoms with Crippen LogP contribution >= 0.6 is 28.6 Å². The molecule has 10 heteroatoms. The first-order chi connectivity index (χ1) is 21.5. The summed E-state index contributed by atoms with van der Waals surface area (Å²) in [5.74, 6) is 0.118. The van der Waals surface area contributed by atoms with E-state index in [4.69, 9.17) is 27.0 Å². The van der Waals surface area contributed by atoms with Crippen molar-refractivity contribution in [2.45, 2.75) is 136 Å². The molecule has 2 fully saturated rings. The van der Waals surface area contributed by atoms with Gasteiger partial charge in [-0.3, -0.25) is 14.2 Å². The molecule has 2 aromatic heterocycles. The van der Waals surface area contributed by atoms with Crippen molar-refractivity contribution in [3.05, 3.63) is 60.2 Å². The van der Waals surface area contributed by atoms with Crippen LogP contribution in [-0.4, -0.2) is 29.9 Å². The van der Waals surface area contributed by atoms with Crippen LogP contribution in [0.2, 0.25) is 0 Å². The van der Waals surface area contributed by atoms with E-state index in [9.17, 15) is 19.3 Å². The van der Waals surface area contributed by atoms with Crippen LogP contribution in [0.3, 0.4) is 0 Å². The molecule has 284 valence electrons. The standard InChI is InChI=1S/C19H29Cl2NO3P.C19H30NO2.2CH4/c1-14(23)15-9-8-10-22(11-15)19(7)12-18(6,13-25-26(20,21)24)16(2,3)17(19,4)5;1-14(22)15-9-8-10-20(11-15)19(7)12-18(6,13-21)16(2,3)17(19,4)5;;/h8-11H,12-13H2,1-7H3;8-11,21H,12-13H2,1-7H3;2*1H4/q2*+1;;/t2*18-,19?;;/m11../s1. The largest absolute Gasteiger partial charge is 0.396 e. The molecule has 0 radical (unpaired) electrons. The summed E-state index contributed by atoms with van der Waals surface area (Å²) >= 11 is 11.3. The Labute approximate surface area is 313 Å². The van der Waals surface area contributed by atoms with Crippen LogP contribution in [0.15, 0.2) is 49.1 Å². The molecule has 0 saturated heterocycles. The minimum absolute atomic E-state index is 0. The topological polar surface area (TPSA) is 88.4 Å². The summed E-state index contributed by atoms with van der Waals surface area (Å²) in [7, 11) is 0. The Balaban J connectivity index is 0.000000487. The highest BCUT2D eigenvalue weighted by atomic mass is 35.9. The number of ketones is 2. The number of nitrogens with zero attached hydrogens (tertiary/aromatic N) is 2. The van der Waals surface area contributed by atoms with Gasteiger partial charge in [-0.25, -0.2) is 0 Å². The predicted octanol–water partition coefficient (Wildman–Crippen LogP) is 10.6. The zero-order valence-corrected chi connectivity index (χ0v) is 34.0. The first kappa shape index (κ1) is 46.4. The van der Waals surface area contributed by atoms with Crippen LogP contribution in [-0.2, 0) is 20.2 Å². The highest BCUT2D eigenvalue weighted by molar-refractivity contribution is 8.05. The van der Waals surface area contributed by atoms with Crippen LogP contribution < -0.4 is 9.13 Å². The Morgan fingerprint density at radius 3 is 1.34 bits per heavy atom. The van der Waals surface area contributed by atoms with E-state index in [0.717, 1.165) is 18.4 Å². The molecule has 0 bridgehead atoms. The van der Waals surface area contributed by atoms with Crippen LogP contribution in [0.25, 0.3) is 0 Å². The normalized spacial score (nSPS) is 30.3. The van der Waals surface area contributed by atoms with E-state index in [1.807, 2.05) is 49.1 Å². The summed E-state index contributed by atoms with van der Waals surface area (Å²) in [5.41, 5.74) is 0.0438. The first-order valence-electron chi connectivity index (χ1n) is 16.8. The van der Waals surface area contributed by atoms with Gasteiger partial charge in [0, 0.05) is 67.1 Å². The van der Waals surface area contributed by atoms with E-state index >= 15 is 0 Å². The van der Waals surface area contributed by atoms with Gasteiger partial charge in [-0.15, -0.1) is 0 Å². The number of aliphatic hydroxyl groups is 1. The maximum Gasteiger partial charge on any atom is 0.380 e. The van der Waals surface area contributed by atoms with Crippen molar-refractivity contribution >= 4 is 40.1 Å².